The Morgan fingerprint density at radius 1 is 0.923 bits per heavy atom. The third-order valence-electron chi connectivity index (χ3n) is 4.33. The molecule has 1 N–H and O–H groups in total. The Morgan fingerprint density at radius 3 is 2.42 bits per heavy atom. The molecule has 1 aromatic heterocycles. The van der Waals surface area contributed by atoms with E-state index in [1.165, 1.54) is 0 Å². The van der Waals surface area contributed by atoms with Crippen LogP contribution in [0.2, 0.25) is 0 Å². The zero-order chi connectivity index (χ0) is 18.1. The summed E-state index contributed by atoms with van der Waals surface area (Å²) in [7, 11) is 0. The minimum Gasteiger partial charge on any atom is -0.423 e. The van der Waals surface area contributed by atoms with Gasteiger partial charge in [-0.1, -0.05) is 52.3 Å². The summed E-state index contributed by atoms with van der Waals surface area (Å²) < 4.78 is 6.51. The van der Waals surface area contributed by atoms with Gasteiger partial charge in [-0.25, -0.2) is 4.79 Å². The molecule has 3 aromatic carbocycles. The van der Waals surface area contributed by atoms with Gasteiger partial charge in [-0.2, -0.15) is 0 Å². The average Bonchev–Trinajstić information content (AvgIpc) is 2.99. The van der Waals surface area contributed by atoms with Crippen molar-refractivity contribution in [1.82, 2.24) is 4.98 Å². The van der Waals surface area contributed by atoms with Crippen LogP contribution in [0.3, 0.4) is 0 Å². The highest BCUT2D eigenvalue weighted by Crippen LogP contribution is 2.34. The topological polar surface area (TPSA) is 42.1 Å². The first-order chi connectivity index (χ1) is 12.6. The van der Waals surface area contributed by atoms with Crippen molar-refractivity contribution in [3.8, 4) is 16.9 Å². The van der Waals surface area contributed by atoms with Crippen LogP contribution >= 0.6 is 15.9 Å². The number of aromatic amines is 1. The van der Waals surface area contributed by atoms with Gasteiger partial charge in [-0.15, -0.1) is 0 Å². The number of carbonyl (C=O) groups is 1. The molecule has 0 spiro atoms. The molecule has 4 aromatic rings. The third kappa shape index (κ3) is 3.04. The van der Waals surface area contributed by atoms with E-state index in [-0.39, 0.29) is 5.97 Å². The second kappa shape index (κ2) is 6.81. The minimum atomic E-state index is -0.368. The lowest BCUT2D eigenvalue weighted by Crippen LogP contribution is -2.10. The van der Waals surface area contributed by atoms with Crippen molar-refractivity contribution in [3.63, 3.8) is 0 Å². The molecule has 128 valence electrons. The van der Waals surface area contributed by atoms with Crippen molar-refractivity contribution >= 4 is 32.8 Å². The molecule has 0 aliphatic heterocycles. The molecule has 0 amide bonds. The number of fused-ring (bicyclic) bond motifs is 1. The second-order valence-corrected chi connectivity index (χ2v) is 6.98. The maximum atomic E-state index is 12.8. The van der Waals surface area contributed by atoms with Crippen molar-refractivity contribution < 1.29 is 9.53 Å². The van der Waals surface area contributed by atoms with Crippen LogP contribution in [0.4, 0.5) is 0 Å². The minimum absolute atomic E-state index is 0.368. The van der Waals surface area contributed by atoms with Crippen molar-refractivity contribution in [1.29, 1.82) is 0 Å². The smallest absolute Gasteiger partial charge is 0.344 e. The largest absolute Gasteiger partial charge is 0.423 e. The lowest BCUT2D eigenvalue weighted by atomic mass is 9.97. The van der Waals surface area contributed by atoms with E-state index in [0.717, 1.165) is 32.2 Å². The highest BCUT2D eigenvalue weighted by Gasteiger charge is 2.19. The standard InChI is InChI=1S/C22H16BrNO2/c1-14-21(19-8-4-5-9-20(19)24-14)17-6-2-3-7-18(17)22(25)26-16-12-10-15(23)11-13-16/h2-13,24H,1H3. The van der Waals surface area contributed by atoms with E-state index in [4.69, 9.17) is 4.74 Å². The Labute approximate surface area is 159 Å². The molecular formula is C22H16BrNO2. The molecule has 0 bridgehead atoms. The van der Waals surface area contributed by atoms with Gasteiger partial charge in [0.15, 0.2) is 0 Å². The molecule has 0 unspecified atom stereocenters. The zero-order valence-electron chi connectivity index (χ0n) is 14.1. The summed E-state index contributed by atoms with van der Waals surface area (Å²) in [6.07, 6.45) is 0. The number of hydrogen-bond acceptors (Lipinski definition) is 2. The highest BCUT2D eigenvalue weighted by atomic mass is 79.9. The van der Waals surface area contributed by atoms with E-state index < -0.39 is 0 Å². The van der Waals surface area contributed by atoms with E-state index in [1.807, 2.05) is 55.5 Å². The maximum Gasteiger partial charge on any atom is 0.344 e. The Morgan fingerprint density at radius 2 is 1.62 bits per heavy atom. The summed E-state index contributed by atoms with van der Waals surface area (Å²) in [5.74, 6) is 0.149. The lowest BCUT2D eigenvalue weighted by Gasteiger charge is -2.10. The Bertz CT molecular complexity index is 1100. The number of H-pyrrole nitrogens is 1. The first-order valence-corrected chi connectivity index (χ1v) is 9.07. The summed E-state index contributed by atoms with van der Waals surface area (Å²) in [6.45, 7) is 2.02. The van der Waals surface area contributed by atoms with E-state index in [2.05, 4.69) is 27.0 Å². The van der Waals surface area contributed by atoms with Gasteiger partial charge in [0, 0.05) is 26.6 Å². The van der Waals surface area contributed by atoms with Crippen molar-refractivity contribution in [2.45, 2.75) is 6.92 Å². The van der Waals surface area contributed by atoms with Crippen LogP contribution in [0, 0.1) is 6.92 Å². The van der Waals surface area contributed by atoms with Crippen LogP contribution in [-0.2, 0) is 0 Å². The van der Waals surface area contributed by atoms with Crippen LogP contribution < -0.4 is 4.74 Å². The Balaban J connectivity index is 1.78. The molecule has 4 heteroatoms. The Kier molecular flexibility index (Phi) is 4.35. The first kappa shape index (κ1) is 16.6. The highest BCUT2D eigenvalue weighted by molar-refractivity contribution is 9.10. The van der Waals surface area contributed by atoms with Crippen LogP contribution in [0.25, 0.3) is 22.0 Å². The number of hydrogen-bond donors (Lipinski definition) is 1. The molecule has 0 fully saturated rings. The number of aromatic nitrogens is 1. The fraction of sp³-hybridized carbons (Fsp3) is 0.0455. The lowest BCUT2D eigenvalue weighted by molar-refractivity contribution is 0.0735. The number of carbonyl (C=O) groups excluding carboxylic acids is 1. The van der Waals surface area contributed by atoms with E-state index in [9.17, 15) is 4.79 Å². The third-order valence-corrected chi connectivity index (χ3v) is 4.86. The van der Waals surface area contributed by atoms with E-state index in [0.29, 0.717) is 11.3 Å². The number of nitrogens with one attached hydrogen (secondary N) is 1. The SMILES string of the molecule is Cc1[nH]c2ccccc2c1-c1ccccc1C(=O)Oc1ccc(Br)cc1. The fourth-order valence-corrected chi connectivity index (χ4v) is 3.43. The Hall–Kier alpha value is -2.85. The fourth-order valence-electron chi connectivity index (χ4n) is 3.17. The quantitative estimate of drug-likeness (QED) is 0.329. The van der Waals surface area contributed by atoms with Crippen LogP contribution in [0.15, 0.2) is 77.3 Å². The van der Waals surface area contributed by atoms with Gasteiger partial charge in [0.1, 0.15) is 5.75 Å². The predicted molar refractivity (Wildman–Crippen MR) is 108 cm³/mol. The van der Waals surface area contributed by atoms with Crippen molar-refractivity contribution in [2.24, 2.45) is 0 Å². The van der Waals surface area contributed by atoms with Gasteiger partial charge in [0.2, 0.25) is 0 Å². The number of benzene rings is 3. The second-order valence-electron chi connectivity index (χ2n) is 6.06. The summed E-state index contributed by atoms with van der Waals surface area (Å²) in [4.78, 5) is 16.2. The summed E-state index contributed by atoms with van der Waals surface area (Å²) in [5, 5.41) is 1.09. The zero-order valence-corrected chi connectivity index (χ0v) is 15.7. The molecule has 3 nitrogen and oxygen atoms in total. The van der Waals surface area contributed by atoms with Gasteiger partial charge in [0.05, 0.1) is 5.56 Å². The van der Waals surface area contributed by atoms with Crippen molar-refractivity contribution in [3.05, 3.63) is 88.5 Å². The molecule has 0 saturated carbocycles. The van der Waals surface area contributed by atoms with Gasteiger partial charge < -0.3 is 9.72 Å². The van der Waals surface area contributed by atoms with Gasteiger partial charge in [-0.05, 0) is 48.9 Å². The van der Waals surface area contributed by atoms with Crippen LogP contribution in [0.1, 0.15) is 16.1 Å². The predicted octanol–water partition coefficient (Wildman–Crippen LogP) is 6.13. The number of halogens is 1. The van der Waals surface area contributed by atoms with Gasteiger partial charge >= 0.3 is 5.97 Å². The molecule has 0 aliphatic carbocycles. The molecule has 4 rings (SSSR count). The van der Waals surface area contributed by atoms with Crippen LogP contribution in [-0.4, -0.2) is 11.0 Å². The molecule has 26 heavy (non-hydrogen) atoms. The normalized spacial score (nSPS) is 10.8. The summed E-state index contributed by atoms with van der Waals surface area (Å²) >= 11 is 3.38. The van der Waals surface area contributed by atoms with Crippen LogP contribution in [0.5, 0.6) is 5.75 Å². The molecule has 1 heterocycles. The molecule has 0 aliphatic rings. The first-order valence-electron chi connectivity index (χ1n) is 8.28. The van der Waals surface area contributed by atoms with Crippen molar-refractivity contribution in [2.75, 3.05) is 0 Å². The van der Waals surface area contributed by atoms with E-state index >= 15 is 0 Å². The number of para-hydroxylation sites is 1. The number of aryl methyl sites for hydroxylation is 1. The van der Waals surface area contributed by atoms with Gasteiger partial charge in [-0.3, -0.25) is 0 Å². The number of rotatable bonds is 3. The molecular weight excluding hydrogens is 390 g/mol. The van der Waals surface area contributed by atoms with E-state index in [1.54, 1.807) is 18.2 Å². The molecule has 0 atom stereocenters. The van der Waals surface area contributed by atoms with Gasteiger partial charge in [0.25, 0.3) is 0 Å². The molecule has 0 saturated heterocycles. The number of esters is 1. The summed E-state index contributed by atoms with van der Waals surface area (Å²) in [5.41, 5.74) is 4.52. The summed E-state index contributed by atoms with van der Waals surface area (Å²) in [6, 6.07) is 22.9. The number of ether oxygens (including phenoxy) is 1. The monoisotopic (exact) mass is 405 g/mol. The average molecular weight is 406 g/mol. The molecule has 0 radical (unpaired) electrons. The maximum absolute atomic E-state index is 12.8.